The fourth-order valence-corrected chi connectivity index (χ4v) is 1.62. The van der Waals surface area contributed by atoms with E-state index in [4.69, 9.17) is 0 Å². The Balaban J connectivity index is 2.93. The molecule has 0 aromatic heterocycles. The van der Waals surface area contributed by atoms with Crippen molar-refractivity contribution in [2.45, 2.75) is 19.8 Å². The van der Waals surface area contributed by atoms with E-state index >= 15 is 0 Å². The SMILES string of the molecule is COC(=O)CCC(=O)c1ccc(O)c(C=O)c1C. The third-order valence-electron chi connectivity index (χ3n) is 2.69. The summed E-state index contributed by atoms with van der Waals surface area (Å²) in [6.45, 7) is 1.58. The van der Waals surface area contributed by atoms with Crippen LogP contribution in [0.2, 0.25) is 0 Å². The van der Waals surface area contributed by atoms with Crippen LogP contribution in [0.25, 0.3) is 0 Å². The molecule has 1 rings (SSSR count). The highest BCUT2D eigenvalue weighted by Crippen LogP contribution is 2.23. The lowest BCUT2D eigenvalue weighted by molar-refractivity contribution is -0.140. The van der Waals surface area contributed by atoms with Crippen LogP contribution >= 0.6 is 0 Å². The molecule has 0 fully saturated rings. The molecule has 5 nitrogen and oxygen atoms in total. The van der Waals surface area contributed by atoms with Gasteiger partial charge >= 0.3 is 5.97 Å². The molecule has 0 unspecified atom stereocenters. The molecule has 1 aromatic rings. The number of hydrogen-bond donors (Lipinski definition) is 1. The molecule has 96 valence electrons. The molecule has 0 saturated carbocycles. The third-order valence-corrected chi connectivity index (χ3v) is 2.69. The molecule has 0 aliphatic heterocycles. The van der Waals surface area contributed by atoms with Gasteiger partial charge in [0.2, 0.25) is 0 Å². The molecule has 0 amide bonds. The number of hydrogen-bond acceptors (Lipinski definition) is 5. The highest BCUT2D eigenvalue weighted by Gasteiger charge is 2.15. The molecule has 0 radical (unpaired) electrons. The van der Waals surface area contributed by atoms with Gasteiger partial charge in [-0.05, 0) is 24.6 Å². The number of aldehydes is 1. The number of phenolic OH excluding ortho intramolecular Hbond substituents is 1. The Labute approximate surface area is 104 Å². The number of rotatable bonds is 5. The normalized spacial score (nSPS) is 9.89. The Hall–Kier alpha value is -2.17. The van der Waals surface area contributed by atoms with E-state index in [1.165, 1.54) is 19.2 Å². The van der Waals surface area contributed by atoms with Crippen molar-refractivity contribution < 1.29 is 24.2 Å². The summed E-state index contributed by atoms with van der Waals surface area (Å²) in [6, 6.07) is 2.74. The first-order chi connectivity index (χ1) is 8.51. The van der Waals surface area contributed by atoms with Gasteiger partial charge in [0.25, 0.3) is 0 Å². The second-order valence-electron chi connectivity index (χ2n) is 3.79. The summed E-state index contributed by atoms with van der Waals surface area (Å²) in [7, 11) is 1.25. The Morgan fingerprint density at radius 1 is 1.33 bits per heavy atom. The van der Waals surface area contributed by atoms with E-state index in [0.717, 1.165) is 0 Å². The molecule has 18 heavy (non-hydrogen) atoms. The molecule has 5 heteroatoms. The largest absolute Gasteiger partial charge is 0.507 e. The Morgan fingerprint density at radius 3 is 2.56 bits per heavy atom. The molecule has 0 heterocycles. The average molecular weight is 250 g/mol. The summed E-state index contributed by atoms with van der Waals surface area (Å²) in [5.41, 5.74) is 0.845. The third kappa shape index (κ3) is 2.94. The number of Topliss-reactive ketones (excluding diaryl/α,β-unsaturated/α-hetero) is 1. The van der Waals surface area contributed by atoms with Crippen molar-refractivity contribution in [3.8, 4) is 5.75 Å². The van der Waals surface area contributed by atoms with Crippen LogP contribution in [-0.4, -0.2) is 30.3 Å². The zero-order valence-corrected chi connectivity index (χ0v) is 10.2. The van der Waals surface area contributed by atoms with Crippen LogP contribution in [-0.2, 0) is 9.53 Å². The monoisotopic (exact) mass is 250 g/mol. The zero-order chi connectivity index (χ0) is 13.7. The minimum Gasteiger partial charge on any atom is -0.507 e. The van der Waals surface area contributed by atoms with Gasteiger partial charge in [0.15, 0.2) is 12.1 Å². The number of carbonyl (C=O) groups is 3. The fraction of sp³-hybridized carbons (Fsp3) is 0.308. The lowest BCUT2D eigenvalue weighted by atomic mass is 9.97. The molecule has 0 aliphatic carbocycles. The summed E-state index contributed by atoms with van der Waals surface area (Å²) >= 11 is 0. The maximum Gasteiger partial charge on any atom is 0.305 e. The van der Waals surface area contributed by atoms with Gasteiger partial charge in [-0.25, -0.2) is 0 Å². The Morgan fingerprint density at radius 2 is 2.00 bits per heavy atom. The second-order valence-corrected chi connectivity index (χ2v) is 3.79. The summed E-state index contributed by atoms with van der Waals surface area (Å²) in [5.74, 6) is -0.886. The summed E-state index contributed by atoms with van der Waals surface area (Å²) in [6.07, 6.45) is 0.504. The summed E-state index contributed by atoms with van der Waals surface area (Å²) < 4.78 is 4.44. The van der Waals surface area contributed by atoms with Gasteiger partial charge in [0.1, 0.15) is 5.75 Å². The molecule has 0 spiro atoms. The predicted octanol–water partition coefficient (Wildman–Crippen LogP) is 1.65. The van der Waals surface area contributed by atoms with Gasteiger partial charge in [-0.15, -0.1) is 0 Å². The van der Waals surface area contributed by atoms with Crippen LogP contribution in [0.4, 0.5) is 0 Å². The van der Waals surface area contributed by atoms with Crippen molar-refractivity contribution in [3.63, 3.8) is 0 Å². The minimum absolute atomic E-state index is 0.00786. The highest BCUT2D eigenvalue weighted by molar-refractivity contribution is 6.01. The maximum absolute atomic E-state index is 11.9. The lowest BCUT2D eigenvalue weighted by Gasteiger charge is -2.08. The van der Waals surface area contributed by atoms with Gasteiger partial charge in [0, 0.05) is 12.0 Å². The lowest BCUT2D eigenvalue weighted by Crippen LogP contribution is -2.08. The van der Waals surface area contributed by atoms with Gasteiger partial charge in [-0.3, -0.25) is 14.4 Å². The van der Waals surface area contributed by atoms with E-state index in [2.05, 4.69) is 4.74 Å². The Kier molecular flexibility index (Phi) is 4.59. The smallest absolute Gasteiger partial charge is 0.305 e. The van der Waals surface area contributed by atoms with Crippen molar-refractivity contribution in [2.75, 3.05) is 7.11 Å². The van der Waals surface area contributed by atoms with E-state index in [0.29, 0.717) is 17.4 Å². The van der Waals surface area contributed by atoms with Crippen LogP contribution in [0.3, 0.4) is 0 Å². The van der Waals surface area contributed by atoms with Crippen LogP contribution in [0.5, 0.6) is 5.75 Å². The van der Waals surface area contributed by atoms with Gasteiger partial charge in [-0.1, -0.05) is 0 Å². The van der Waals surface area contributed by atoms with Crippen molar-refractivity contribution in [1.29, 1.82) is 0 Å². The average Bonchev–Trinajstić information content (AvgIpc) is 2.36. The fourth-order valence-electron chi connectivity index (χ4n) is 1.62. The van der Waals surface area contributed by atoms with E-state index in [-0.39, 0.29) is 29.9 Å². The van der Waals surface area contributed by atoms with Crippen LogP contribution < -0.4 is 0 Å². The van der Waals surface area contributed by atoms with Crippen molar-refractivity contribution in [1.82, 2.24) is 0 Å². The van der Waals surface area contributed by atoms with Gasteiger partial charge < -0.3 is 9.84 Å². The second kappa shape index (κ2) is 5.95. The van der Waals surface area contributed by atoms with E-state index in [1.807, 2.05) is 0 Å². The first kappa shape index (κ1) is 13.9. The number of ketones is 1. The van der Waals surface area contributed by atoms with E-state index in [9.17, 15) is 19.5 Å². The van der Waals surface area contributed by atoms with Crippen molar-refractivity contribution in [2.24, 2.45) is 0 Å². The summed E-state index contributed by atoms with van der Waals surface area (Å²) in [4.78, 5) is 33.6. The minimum atomic E-state index is -0.463. The first-order valence-electron chi connectivity index (χ1n) is 5.39. The first-order valence-corrected chi connectivity index (χ1v) is 5.39. The number of carbonyl (C=O) groups excluding carboxylic acids is 3. The molecule has 0 bridgehead atoms. The molecule has 0 atom stereocenters. The number of ether oxygens (including phenoxy) is 1. The van der Waals surface area contributed by atoms with Crippen LogP contribution in [0, 0.1) is 6.92 Å². The van der Waals surface area contributed by atoms with Crippen LogP contribution in [0.1, 0.15) is 39.1 Å². The number of methoxy groups -OCH3 is 1. The molecular formula is C13H14O5. The number of phenols is 1. The van der Waals surface area contributed by atoms with E-state index < -0.39 is 5.97 Å². The Bertz CT molecular complexity index is 490. The highest BCUT2D eigenvalue weighted by atomic mass is 16.5. The van der Waals surface area contributed by atoms with Crippen molar-refractivity contribution in [3.05, 3.63) is 28.8 Å². The maximum atomic E-state index is 11.9. The molecule has 0 aliphatic rings. The molecule has 0 saturated heterocycles. The quantitative estimate of drug-likeness (QED) is 0.488. The molecule has 1 aromatic carbocycles. The zero-order valence-electron chi connectivity index (χ0n) is 10.2. The number of aromatic hydroxyl groups is 1. The van der Waals surface area contributed by atoms with Crippen molar-refractivity contribution >= 4 is 18.0 Å². The van der Waals surface area contributed by atoms with Crippen LogP contribution in [0.15, 0.2) is 12.1 Å². The predicted molar refractivity (Wildman–Crippen MR) is 63.8 cm³/mol. The van der Waals surface area contributed by atoms with E-state index in [1.54, 1.807) is 6.92 Å². The standard InChI is InChI=1S/C13H14O5/c1-8-9(3-4-12(16)10(8)7-14)11(15)5-6-13(17)18-2/h3-4,7,16H,5-6H2,1-2H3. The van der Waals surface area contributed by atoms with Gasteiger partial charge in [-0.2, -0.15) is 0 Å². The molecule has 1 N–H and O–H groups in total. The molecular weight excluding hydrogens is 236 g/mol. The number of esters is 1. The van der Waals surface area contributed by atoms with Gasteiger partial charge in [0.05, 0.1) is 19.1 Å². The number of benzene rings is 1. The topological polar surface area (TPSA) is 80.7 Å². The summed E-state index contributed by atoms with van der Waals surface area (Å²) in [5, 5.41) is 9.44.